The summed E-state index contributed by atoms with van der Waals surface area (Å²) in [5, 5.41) is 0. The number of nitrogens with zero attached hydrogens (tertiary/aromatic N) is 3. The number of fused-ring (bicyclic) bond motifs is 2. The molecule has 1 aliphatic rings. The van der Waals surface area contributed by atoms with Crippen molar-refractivity contribution >= 4 is 39.0 Å². The molecule has 5 nitrogen and oxygen atoms in total. The van der Waals surface area contributed by atoms with E-state index in [2.05, 4.69) is 20.8 Å². The van der Waals surface area contributed by atoms with E-state index >= 15 is 0 Å². The van der Waals surface area contributed by atoms with Crippen LogP contribution in [-0.4, -0.2) is 22.3 Å². The van der Waals surface area contributed by atoms with E-state index < -0.39 is 6.04 Å². The number of aromatic nitrogens is 1. The van der Waals surface area contributed by atoms with Crippen LogP contribution in [0.15, 0.2) is 59.2 Å². The van der Waals surface area contributed by atoms with Gasteiger partial charge < -0.3 is 4.57 Å². The second-order valence-corrected chi connectivity index (χ2v) is 8.05. The van der Waals surface area contributed by atoms with E-state index in [0.29, 0.717) is 17.9 Å². The summed E-state index contributed by atoms with van der Waals surface area (Å²) in [7, 11) is 0. The quantitative estimate of drug-likeness (QED) is 0.500. The number of carbonyl (C=O) groups is 2. The highest BCUT2D eigenvalue weighted by molar-refractivity contribution is 9.10. The molecule has 1 amide bonds. The minimum Gasteiger partial charge on any atom is -0.338 e. The van der Waals surface area contributed by atoms with E-state index in [1.807, 2.05) is 47.2 Å². The fraction of sp³-hybridized carbons (Fsp3) is 0.174. The maximum Gasteiger partial charge on any atom is 0.275 e. The number of carbonyl (C=O) groups excluding carboxylic acids is 2. The summed E-state index contributed by atoms with van der Waals surface area (Å²) in [6, 6.07) is 14.3. The van der Waals surface area contributed by atoms with Gasteiger partial charge >= 0.3 is 0 Å². The smallest absolute Gasteiger partial charge is 0.275 e. The van der Waals surface area contributed by atoms with Gasteiger partial charge in [0.2, 0.25) is 0 Å². The molecular formula is C23H18BrN3O2. The number of rotatable bonds is 3. The van der Waals surface area contributed by atoms with Crippen LogP contribution in [0, 0.1) is 6.57 Å². The highest BCUT2D eigenvalue weighted by Gasteiger charge is 2.32. The van der Waals surface area contributed by atoms with Crippen molar-refractivity contribution in [1.82, 2.24) is 4.57 Å². The monoisotopic (exact) mass is 447 g/mol. The molecule has 0 bridgehead atoms. The number of amides is 1. The van der Waals surface area contributed by atoms with E-state index in [9.17, 15) is 9.59 Å². The number of halogens is 1. The lowest BCUT2D eigenvalue weighted by Gasteiger charge is -2.27. The first kappa shape index (κ1) is 19.2. The van der Waals surface area contributed by atoms with Gasteiger partial charge in [0, 0.05) is 28.5 Å². The first-order chi connectivity index (χ1) is 13.9. The van der Waals surface area contributed by atoms with Crippen LogP contribution >= 0.6 is 15.9 Å². The van der Waals surface area contributed by atoms with Crippen molar-refractivity contribution in [3.05, 3.63) is 81.9 Å². The third-order valence-electron chi connectivity index (χ3n) is 5.28. The van der Waals surface area contributed by atoms with E-state index in [4.69, 9.17) is 6.57 Å². The zero-order chi connectivity index (χ0) is 20.7. The van der Waals surface area contributed by atoms with Crippen LogP contribution in [0.3, 0.4) is 0 Å². The normalized spacial score (nSPS) is 13.9. The third kappa shape index (κ3) is 3.39. The van der Waals surface area contributed by atoms with Crippen molar-refractivity contribution in [3.8, 4) is 11.1 Å². The Morgan fingerprint density at radius 3 is 2.52 bits per heavy atom. The number of Topliss-reactive ketones (excluding diaryl/α,β-unsaturated/α-hetero) is 1. The van der Waals surface area contributed by atoms with Gasteiger partial charge in [-0.2, -0.15) is 0 Å². The molecule has 1 aromatic heterocycles. The average molecular weight is 448 g/mol. The number of ketones is 1. The maximum atomic E-state index is 13.5. The molecular weight excluding hydrogens is 430 g/mol. The molecule has 0 radical (unpaired) electrons. The fourth-order valence-electron chi connectivity index (χ4n) is 3.60. The van der Waals surface area contributed by atoms with Crippen molar-refractivity contribution in [3.63, 3.8) is 0 Å². The van der Waals surface area contributed by atoms with Crippen LogP contribution in [-0.2, 0) is 11.3 Å². The zero-order valence-electron chi connectivity index (χ0n) is 16.0. The Morgan fingerprint density at radius 2 is 1.86 bits per heavy atom. The second-order valence-electron chi connectivity index (χ2n) is 7.14. The summed E-state index contributed by atoms with van der Waals surface area (Å²) in [5.41, 5.74) is 4.67. The van der Waals surface area contributed by atoms with Crippen LogP contribution in [0.1, 0.15) is 29.9 Å². The van der Waals surface area contributed by atoms with Gasteiger partial charge in [-0.15, -0.1) is 0 Å². The Balaban J connectivity index is 1.85. The SMILES string of the molecule is [C-]#[N+]c1ccc(-c2cc3n(c2)Cc2cc(Br)ccc2N(C(C)C(C)=O)C3=O)cc1. The molecule has 0 aliphatic carbocycles. The largest absolute Gasteiger partial charge is 0.338 e. The lowest BCUT2D eigenvalue weighted by atomic mass is 10.1. The first-order valence-electron chi connectivity index (χ1n) is 9.19. The second kappa shape index (κ2) is 7.34. The predicted molar refractivity (Wildman–Crippen MR) is 116 cm³/mol. The molecule has 6 heteroatoms. The predicted octanol–water partition coefficient (Wildman–Crippen LogP) is 5.45. The van der Waals surface area contributed by atoms with Crippen molar-refractivity contribution in [2.24, 2.45) is 0 Å². The molecule has 3 aromatic rings. The molecule has 1 unspecified atom stereocenters. The number of benzene rings is 2. The number of hydrogen-bond acceptors (Lipinski definition) is 2. The van der Waals surface area contributed by atoms with Gasteiger partial charge in [0.05, 0.1) is 12.6 Å². The molecule has 1 atom stereocenters. The van der Waals surface area contributed by atoms with Gasteiger partial charge in [-0.05, 0) is 49.2 Å². The summed E-state index contributed by atoms with van der Waals surface area (Å²) >= 11 is 3.51. The fourth-order valence-corrected chi connectivity index (χ4v) is 4.01. The van der Waals surface area contributed by atoms with E-state index in [1.165, 1.54) is 6.92 Å². The molecule has 0 fully saturated rings. The summed E-state index contributed by atoms with van der Waals surface area (Å²) in [4.78, 5) is 30.6. The van der Waals surface area contributed by atoms with Crippen LogP contribution in [0.25, 0.3) is 16.0 Å². The lowest BCUT2D eigenvalue weighted by molar-refractivity contribution is -0.117. The minimum absolute atomic E-state index is 0.0674. The number of anilines is 1. The highest BCUT2D eigenvalue weighted by Crippen LogP contribution is 2.34. The summed E-state index contributed by atoms with van der Waals surface area (Å²) in [6.45, 7) is 10.9. The number of hydrogen-bond donors (Lipinski definition) is 0. The minimum atomic E-state index is -0.565. The topological polar surface area (TPSA) is 46.7 Å². The molecule has 2 heterocycles. The maximum absolute atomic E-state index is 13.5. The Kier molecular flexibility index (Phi) is 4.85. The van der Waals surface area contributed by atoms with Crippen molar-refractivity contribution < 1.29 is 9.59 Å². The van der Waals surface area contributed by atoms with Gasteiger partial charge in [0.1, 0.15) is 5.69 Å². The van der Waals surface area contributed by atoms with Crippen LogP contribution in [0.2, 0.25) is 0 Å². The Hall–Kier alpha value is -3.17. The Bertz CT molecular complexity index is 1170. The van der Waals surface area contributed by atoms with E-state index in [1.54, 1.807) is 24.0 Å². The van der Waals surface area contributed by atoms with E-state index in [0.717, 1.165) is 26.9 Å². The molecule has 29 heavy (non-hydrogen) atoms. The molecule has 4 rings (SSSR count). The molecule has 144 valence electrons. The summed E-state index contributed by atoms with van der Waals surface area (Å²) in [5.74, 6) is -0.264. The van der Waals surface area contributed by atoms with Crippen molar-refractivity contribution in [2.75, 3.05) is 4.90 Å². The van der Waals surface area contributed by atoms with Crippen molar-refractivity contribution in [2.45, 2.75) is 26.4 Å². The molecule has 0 saturated carbocycles. The summed E-state index contributed by atoms with van der Waals surface area (Å²) in [6.07, 6.45) is 1.95. The zero-order valence-corrected chi connectivity index (χ0v) is 17.6. The van der Waals surface area contributed by atoms with E-state index in [-0.39, 0.29) is 11.7 Å². The van der Waals surface area contributed by atoms with Gasteiger partial charge in [-0.25, -0.2) is 4.85 Å². The molecule has 0 saturated heterocycles. The van der Waals surface area contributed by atoms with Gasteiger partial charge in [-0.3, -0.25) is 14.5 Å². The van der Waals surface area contributed by atoms with Crippen LogP contribution in [0.5, 0.6) is 0 Å². The molecule has 0 N–H and O–H groups in total. The Labute approximate surface area is 177 Å². The van der Waals surface area contributed by atoms with Crippen LogP contribution < -0.4 is 4.90 Å². The highest BCUT2D eigenvalue weighted by atomic mass is 79.9. The average Bonchev–Trinajstić information content (AvgIpc) is 3.09. The molecule has 1 aliphatic heterocycles. The van der Waals surface area contributed by atoms with Gasteiger partial charge in [0.25, 0.3) is 5.91 Å². The molecule has 2 aromatic carbocycles. The van der Waals surface area contributed by atoms with Gasteiger partial charge in [-0.1, -0.05) is 40.2 Å². The third-order valence-corrected chi connectivity index (χ3v) is 5.77. The molecule has 0 spiro atoms. The van der Waals surface area contributed by atoms with Crippen LogP contribution in [0.4, 0.5) is 11.4 Å². The van der Waals surface area contributed by atoms with Crippen molar-refractivity contribution in [1.29, 1.82) is 0 Å². The Morgan fingerprint density at radius 1 is 1.14 bits per heavy atom. The standard InChI is InChI=1S/C23H18BrN3O2/c1-14(15(2)28)27-21-9-6-19(24)10-18(21)13-26-12-17(11-22(26)23(27)29)16-4-7-20(25-3)8-5-16/h4-12,14H,13H2,1-2H3. The van der Waals surface area contributed by atoms with Gasteiger partial charge in [0.15, 0.2) is 11.5 Å². The summed E-state index contributed by atoms with van der Waals surface area (Å²) < 4.78 is 2.85. The first-order valence-corrected chi connectivity index (χ1v) is 9.99. The lowest BCUT2D eigenvalue weighted by Crippen LogP contribution is -2.42.